The highest BCUT2D eigenvalue weighted by Gasteiger charge is 2.24. The molecule has 3 aromatic heterocycles. The molecule has 0 atom stereocenters. The third kappa shape index (κ3) is 4.70. The summed E-state index contributed by atoms with van der Waals surface area (Å²) in [5.74, 6) is 1.78. The van der Waals surface area contributed by atoms with Crippen molar-refractivity contribution in [1.82, 2.24) is 14.9 Å². The Labute approximate surface area is 195 Å². The van der Waals surface area contributed by atoms with E-state index in [1.165, 1.54) is 11.3 Å². The molecule has 2 amide bonds. The number of carbonyl (C=O) groups excluding carboxylic acids is 2. The van der Waals surface area contributed by atoms with Crippen LogP contribution in [0.15, 0.2) is 60.9 Å². The summed E-state index contributed by atoms with van der Waals surface area (Å²) in [6, 6.07) is 14.7. The third-order valence-electron chi connectivity index (χ3n) is 5.43. The quantitative estimate of drug-likeness (QED) is 0.448. The van der Waals surface area contributed by atoms with Gasteiger partial charge in [-0.15, -0.1) is 11.3 Å². The van der Waals surface area contributed by atoms with Gasteiger partial charge >= 0.3 is 0 Å². The highest BCUT2D eigenvalue weighted by atomic mass is 32.1. The Morgan fingerprint density at radius 3 is 2.58 bits per heavy atom. The van der Waals surface area contributed by atoms with Crippen LogP contribution >= 0.6 is 11.3 Å². The topological polar surface area (TPSA) is 84.4 Å². The van der Waals surface area contributed by atoms with Crippen LogP contribution < -0.4 is 10.1 Å². The first-order valence-electron chi connectivity index (χ1n) is 10.7. The molecule has 4 aromatic rings. The number of likely N-dealkylation sites (tertiary alicyclic amines) is 1. The first-order valence-corrected chi connectivity index (χ1v) is 11.5. The zero-order valence-electron chi connectivity index (χ0n) is 18.1. The summed E-state index contributed by atoms with van der Waals surface area (Å²) in [5, 5.41) is 2.82. The highest BCUT2D eigenvalue weighted by molar-refractivity contribution is 7.21. The molecule has 1 aliphatic heterocycles. The summed E-state index contributed by atoms with van der Waals surface area (Å²) in [7, 11) is 0. The number of hydrogen-bond acceptors (Lipinski definition) is 6. The van der Waals surface area contributed by atoms with Gasteiger partial charge in [0.2, 0.25) is 5.91 Å². The minimum absolute atomic E-state index is 0.0543. The van der Waals surface area contributed by atoms with Crippen molar-refractivity contribution >= 4 is 39.2 Å². The number of rotatable bonds is 6. The summed E-state index contributed by atoms with van der Waals surface area (Å²) in [6.45, 7) is 3.58. The molecule has 1 aromatic carbocycles. The number of anilines is 1. The van der Waals surface area contributed by atoms with Crippen LogP contribution in [0.25, 0.3) is 10.2 Å². The minimum Gasteiger partial charge on any atom is -0.456 e. The van der Waals surface area contributed by atoms with Gasteiger partial charge < -0.3 is 15.0 Å². The summed E-state index contributed by atoms with van der Waals surface area (Å²) in [5.41, 5.74) is 2.65. The number of hydrogen-bond donors (Lipinski definition) is 1. The van der Waals surface area contributed by atoms with Crippen molar-refractivity contribution in [3.05, 3.63) is 76.9 Å². The smallest absolute Gasteiger partial charge is 0.264 e. The molecule has 0 saturated carbocycles. The molecule has 8 heteroatoms. The Kier molecular flexibility index (Phi) is 5.75. The van der Waals surface area contributed by atoms with Gasteiger partial charge in [0.15, 0.2) is 0 Å². The van der Waals surface area contributed by atoms with Gasteiger partial charge in [0, 0.05) is 31.5 Å². The number of aromatic nitrogens is 2. The second-order valence-corrected chi connectivity index (χ2v) is 9.02. The Morgan fingerprint density at radius 1 is 1.06 bits per heavy atom. The highest BCUT2D eigenvalue weighted by Crippen LogP contribution is 2.35. The molecule has 7 nitrogen and oxygen atoms in total. The largest absolute Gasteiger partial charge is 0.456 e. The number of benzene rings is 1. The van der Waals surface area contributed by atoms with Crippen LogP contribution in [0, 0.1) is 6.92 Å². The Bertz CT molecular complexity index is 1330. The van der Waals surface area contributed by atoms with Crippen molar-refractivity contribution in [1.29, 1.82) is 0 Å². The monoisotopic (exact) mass is 458 g/mol. The predicted molar refractivity (Wildman–Crippen MR) is 128 cm³/mol. The molecular weight excluding hydrogens is 436 g/mol. The fourth-order valence-electron chi connectivity index (χ4n) is 3.55. The predicted octanol–water partition coefficient (Wildman–Crippen LogP) is 4.82. The van der Waals surface area contributed by atoms with Crippen LogP contribution in [-0.4, -0.2) is 39.8 Å². The number of pyridine rings is 2. The van der Waals surface area contributed by atoms with Crippen molar-refractivity contribution in [2.45, 2.75) is 19.8 Å². The van der Waals surface area contributed by atoms with Crippen LogP contribution in [0.4, 0.5) is 5.82 Å². The molecule has 0 bridgehead atoms. The van der Waals surface area contributed by atoms with Crippen molar-refractivity contribution in [3.63, 3.8) is 0 Å². The number of nitrogens with one attached hydrogen (secondary N) is 1. The van der Waals surface area contributed by atoms with E-state index < -0.39 is 0 Å². The summed E-state index contributed by atoms with van der Waals surface area (Å²) in [4.78, 5) is 35.9. The molecule has 5 rings (SSSR count). The van der Waals surface area contributed by atoms with Gasteiger partial charge in [-0.1, -0.05) is 12.1 Å². The van der Waals surface area contributed by atoms with E-state index in [2.05, 4.69) is 15.3 Å². The number of thiophene rings is 1. The fraction of sp³-hybridized carbons (Fsp3) is 0.200. The van der Waals surface area contributed by atoms with E-state index in [9.17, 15) is 9.59 Å². The molecule has 0 aliphatic carbocycles. The van der Waals surface area contributed by atoms with Crippen LogP contribution in [0.1, 0.15) is 27.2 Å². The molecular formula is C25H22N4O3S. The molecule has 0 spiro atoms. The number of nitrogens with zero attached hydrogens (tertiary/aromatic N) is 3. The number of aryl methyl sites for hydroxylation is 1. The Hall–Kier alpha value is -3.78. The van der Waals surface area contributed by atoms with E-state index in [0.717, 1.165) is 40.9 Å². The van der Waals surface area contributed by atoms with E-state index in [1.54, 1.807) is 18.5 Å². The normalized spacial score (nSPS) is 12.9. The van der Waals surface area contributed by atoms with Crippen molar-refractivity contribution in [2.24, 2.45) is 0 Å². The minimum atomic E-state index is -0.129. The molecule has 0 radical (unpaired) electrons. The van der Waals surface area contributed by atoms with Crippen LogP contribution in [0.2, 0.25) is 0 Å². The summed E-state index contributed by atoms with van der Waals surface area (Å²) >= 11 is 1.40. The van der Waals surface area contributed by atoms with Crippen LogP contribution in [-0.2, 0) is 11.2 Å². The maximum Gasteiger partial charge on any atom is 0.264 e. The first kappa shape index (κ1) is 21.1. The maximum atomic E-state index is 12.6. The second-order valence-electron chi connectivity index (χ2n) is 7.97. The fourth-order valence-corrected chi connectivity index (χ4v) is 4.59. The SMILES string of the molecule is Cc1ccnc(NC(=O)Cc2ccc(Oc3ccnc4cc(C(=O)N5CCC5)sc34)cc2)c1. The number of ether oxygens (including phenoxy) is 1. The lowest BCUT2D eigenvalue weighted by atomic mass is 10.1. The van der Waals surface area contributed by atoms with E-state index in [0.29, 0.717) is 22.2 Å². The lowest BCUT2D eigenvalue weighted by Gasteiger charge is -2.30. The molecule has 1 aliphatic rings. The molecule has 0 unspecified atom stereocenters. The lowest BCUT2D eigenvalue weighted by molar-refractivity contribution is -0.115. The molecule has 1 N–H and O–H groups in total. The first-order chi connectivity index (χ1) is 16.0. The van der Waals surface area contributed by atoms with Crippen molar-refractivity contribution in [3.8, 4) is 11.5 Å². The molecule has 33 heavy (non-hydrogen) atoms. The van der Waals surface area contributed by atoms with Gasteiger partial charge in [-0.05, 0) is 54.8 Å². The van der Waals surface area contributed by atoms with Gasteiger partial charge in [-0.2, -0.15) is 0 Å². The van der Waals surface area contributed by atoms with Crippen LogP contribution in [0.5, 0.6) is 11.5 Å². The van der Waals surface area contributed by atoms with E-state index in [1.807, 2.05) is 54.3 Å². The van der Waals surface area contributed by atoms with E-state index in [4.69, 9.17) is 4.74 Å². The number of fused-ring (bicyclic) bond motifs is 1. The average molecular weight is 459 g/mol. The Morgan fingerprint density at radius 2 is 1.85 bits per heavy atom. The van der Waals surface area contributed by atoms with Crippen molar-refractivity contribution < 1.29 is 14.3 Å². The van der Waals surface area contributed by atoms with E-state index in [-0.39, 0.29) is 18.2 Å². The van der Waals surface area contributed by atoms with Gasteiger partial charge in [0.05, 0.1) is 21.5 Å². The molecule has 1 fully saturated rings. The van der Waals surface area contributed by atoms with Gasteiger partial charge in [-0.25, -0.2) is 4.98 Å². The van der Waals surface area contributed by atoms with Crippen LogP contribution in [0.3, 0.4) is 0 Å². The molecule has 166 valence electrons. The lowest BCUT2D eigenvalue weighted by Crippen LogP contribution is -2.41. The Balaban J connectivity index is 1.26. The molecule has 4 heterocycles. The average Bonchev–Trinajstić information content (AvgIpc) is 3.19. The van der Waals surface area contributed by atoms with Gasteiger partial charge in [-0.3, -0.25) is 14.6 Å². The molecule has 1 saturated heterocycles. The van der Waals surface area contributed by atoms with Gasteiger partial charge in [0.1, 0.15) is 17.3 Å². The zero-order valence-corrected chi connectivity index (χ0v) is 18.9. The number of amides is 2. The summed E-state index contributed by atoms with van der Waals surface area (Å²) < 4.78 is 6.93. The standard InChI is InChI=1S/C25H22N4O3S/c1-16-7-9-27-22(13-16)28-23(30)14-17-3-5-18(6-4-17)32-20-8-10-26-19-15-21(33-24(19)20)25(31)29-11-2-12-29/h3-10,13,15H,2,11-12,14H2,1H3,(H,27,28,30). The number of carbonyl (C=O) groups is 2. The van der Waals surface area contributed by atoms with Crippen molar-refractivity contribution in [2.75, 3.05) is 18.4 Å². The zero-order chi connectivity index (χ0) is 22.8. The third-order valence-corrected chi connectivity index (χ3v) is 6.56. The summed E-state index contributed by atoms with van der Waals surface area (Å²) in [6.07, 6.45) is 4.65. The maximum absolute atomic E-state index is 12.6. The second kappa shape index (κ2) is 8.99. The van der Waals surface area contributed by atoms with Gasteiger partial charge in [0.25, 0.3) is 5.91 Å². The van der Waals surface area contributed by atoms with E-state index >= 15 is 0 Å².